The SMILES string of the molecule is O=C(O)c1c(-c2ccc3c(c2)CCCO3)[nH][nH]c1=O. The maximum atomic E-state index is 11.5. The molecule has 2 aromatic rings. The third-order valence-corrected chi connectivity index (χ3v) is 3.19. The number of carboxylic acid groups (broad SMARTS) is 1. The van der Waals surface area contributed by atoms with Gasteiger partial charge in [-0.1, -0.05) is 0 Å². The number of aromatic nitrogens is 2. The van der Waals surface area contributed by atoms with Crippen LogP contribution in [0.2, 0.25) is 0 Å². The summed E-state index contributed by atoms with van der Waals surface area (Å²) in [4.78, 5) is 22.6. The van der Waals surface area contributed by atoms with Crippen molar-refractivity contribution >= 4 is 5.97 Å². The second-order valence-corrected chi connectivity index (χ2v) is 4.41. The number of nitrogens with one attached hydrogen (secondary N) is 2. The molecule has 1 aromatic carbocycles. The first-order valence-electron chi connectivity index (χ1n) is 5.97. The molecule has 1 aliphatic heterocycles. The van der Waals surface area contributed by atoms with Gasteiger partial charge in [-0.2, -0.15) is 0 Å². The van der Waals surface area contributed by atoms with Gasteiger partial charge in [-0.25, -0.2) is 4.79 Å². The van der Waals surface area contributed by atoms with E-state index in [9.17, 15) is 9.59 Å². The van der Waals surface area contributed by atoms with Crippen molar-refractivity contribution in [3.05, 3.63) is 39.7 Å². The van der Waals surface area contributed by atoms with Crippen molar-refractivity contribution in [2.24, 2.45) is 0 Å². The van der Waals surface area contributed by atoms with Crippen molar-refractivity contribution < 1.29 is 14.6 Å². The van der Waals surface area contributed by atoms with E-state index in [2.05, 4.69) is 10.2 Å². The van der Waals surface area contributed by atoms with Gasteiger partial charge in [0.1, 0.15) is 5.75 Å². The van der Waals surface area contributed by atoms with Crippen LogP contribution < -0.4 is 10.3 Å². The standard InChI is InChI=1S/C13H12N2O4/c16-12-10(13(17)18)11(14-15-12)8-3-4-9-7(6-8)2-1-5-19-9/h3-4,6H,1-2,5H2,(H,17,18)(H2,14,15,16). The Kier molecular flexibility index (Phi) is 2.63. The Morgan fingerprint density at radius 2 is 2.16 bits per heavy atom. The van der Waals surface area contributed by atoms with E-state index in [1.54, 1.807) is 12.1 Å². The number of aromatic carboxylic acids is 1. The molecule has 1 aliphatic rings. The molecule has 6 heteroatoms. The fraction of sp³-hybridized carbons (Fsp3) is 0.231. The topological polar surface area (TPSA) is 95.2 Å². The zero-order valence-electron chi connectivity index (χ0n) is 10.0. The van der Waals surface area contributed by atoms with Crippen molar-refractivity contribution in [1.82, 2.24) is 10.2 Å². The number of rotatable bonds is 2. The third-order valence-electron chi connectivity index (χ3n) is 3.19. The van der Waals surface area contributed by atoms with Crippen LogP contribution in [0.25, 0.3) is 11.3 Å². The second-order valence-electron chi connectivity index (χ2n) is 4.41. The van der Waals surface area contributed by atoms with Gasteiger partial charge in [0.2, 0.25) is 0 Å². The monoisotopic (exact) mass is 260 g/mol. The third kappa shape index (κ3) is 1.91. The largest absolute Gasteiger partial charge is 0.493 e. The Morgan fingerprint density at radius 3 is 2.95 bits per heavy atom. The fourth-order valence-corrected chi connectivity index (χ4v) is 2.29. The van der Waals surface area contributed by atoms with E-state index < -0.39 is 11.5 Å². The summed E-state index contributed by atoms with van der Waals surface area (Å²) in [5, 5.41) is 14.0. The average Bonchev–Trinajstić information content (AvgIpc) is 2.80. The second kappa shape index (κ2) is 4.31. The minimum atomic E-state index is -1.24. The summed E-state index contributed by atoms with van der Waals surface area (Å²) in [6, 6.07) is 5.41. The molecule has 0 saturated heterocycles. The lowest BCUT2D eigenvalue weighted by Gasteiger charge is -2.17. The van der Waals surface area contributed by atoms with Crippen LogP contribution in [0, 0.1) is 0 Å². The number of hydrogen-bond acceptors (Lipinski definition) is 3. The minimum Gasteiger partial charge on any atom is -0.493 e. The molecule has 2 heterocycles. The lowest BCUT2D eigenvalue weighted by atomic mass is 10.0. The number of carbonyl (C=O) groups is 1. The minimum absolute atomic E-state index is 0.267. The summed E-state index contributed by atoms with van der Waals surface area (Å²) >= 11 is 0. The number of ether oxygens (including phenoxy) is 1. The van der Waals surface area contributed by atoms with Gasteiger partial charge in [0.25, 0.3) is 5.56 Å². The maximum absolute atomic E-state index is 11.5. The van der Waals surface area contributed by atoms with E-state index in [4.69, 9.17) is 9.84 Å². The van der Waals surface area contributed by atoms with Crippen LogP contribution in [-0.4, -0.2) is 27.9 Å². The molecule has 0 saturated carbocycles. The number of aromatic amines is 2. The smallest absolute Gasteiger partial charge is 0.343 e. The average molecular weight is 260 g/mol. The van der Waals surface area contributed by atoms with Crippen molar-refractivity contribution in [2.75, 3.05) is 6.61 Å². The van der Waals surface area contributed by atoms with E-state index in [0.717, 1.165) is 24.2 Å². The van der Waals surface area contributed by atoms with Gasteiger partial charge in [-0.3, -0.25) is 15.0 Å². The van der Waals surface area contributed by atoms with Gasteiger partial charge < -0.3 is 9.84 Å². The number of aryl methyl sites for hydroxylation is 1. The quantitative estimate of drug-likeness (QED) is 0.760. The van der Waals surface area contributed by atoms with Gasteiger partial charge in [-0.05, 0) is 36.6 Å². The highest BCUT2D eigenvalue weighted by Crippen LogP contribution is 2.29. The molecule has 0 aliphatic carbocycles. The summed E-state index contributed by atoms with van der Waals surface area (Å²) < 4.78 is 5.50. The van der Waals surface area contributed by atoms with E-state index in [1.807, 2.05) is 6.07 Å². The Labute approximate surface area is 108 Å². The molecular weight excluding hydrogens is 248 g/mol. The highest BCUT2D eigenvalue weighted by molar-refractivity contribution is 5.94. The first kappa shape index (κ1) is 11.6. The Bertz CT molecular complexity index is 699. The molecular formula is C13H12N2O4. The summed E-state index contributed by atoms with van der Waals surface area (Å²) in [5.41, 5.74) is 1.10. The first-order valence-corrected chi connectivity index (χ1v) is 5.97. The van der Waals surface area contributed by atoms with Crippen LogP contribution in [0.5, 0.6) is 5.75 Å². The number of benzene rings is 1. The van der Waals surface area contributed by atoms with Crippen LogP contribution in [0.15, 0.2) is 23.0 Å². The van der Waals surface area contributed by atoms with E-state index in [-0.39, 0.29) is 5.56 Å². The Balaban J connectivity index is 2.12. The maximum Gasteiger partial charge on any atom is 0.343 e. The van der Waals surface area contributed by atoms with Crippen LogP contribution in [-0.2, 0) is 6.42 Å². The highest BCUT2D eigenvalue weighted by Gasteiger charge is 2.20. The molecule has 3 N–H and O–H groups in total. The zero-order chi connectivity index (χ0) is 13.4. The summed E-state index contributed by atoms with van der Waals surface area (Å²) in [7, 11) is 0. The van der Waals surface area contributed by atoms with Crippen LogP contribution in [0.4, 0.5) is 0 Å². The van der Waals surface area contributed by atoms with Crippen molar-refractivity contribution in [3.63, 3.8) is 0 Å². The predicted octanol–water partition coefficient (Wildman–Crippen LogP) is 1.39. The Hall–Kier alpha value is -2.50. The van der Waals surface area contributed by atoms with E-state index in [1.165, 1.54) is 0 Å². The van der Waals surface area contributed by atoms with Crippen molar-refractivity contribution in [2.45, 2.75) is 12.8 Å². The van der Waals surface area contributed by atoms with E-state index >= 15 is 0 Å². The van der Waals surface area contributed by atoms with Gasteiger partial charge in [-0.15, -0.1) is 0 Å². The van der Waals surface area contributed by atoms with E-state index in [0.29, 0.717) is 17.9 Å². The predicted molar refractivity (Wildman–Crippen MR) is 67.6 cm³/mol. The van der Waals surface area contributed by atoms with Gasteiger partial charge in [0.15, 0.2) is 5.56 Å². The molecule has 0 amide bonds. The van der Waals surface area contributed by atoms with Gasteiger partial charge >= 0.3 is 5.97 Å². The normalized spacial score (nSPS) is 13.7. The molecule has 0 fully saturated rings. The summed E-state index contributed by atoms with van der Waals surface area (Å²) in [6.07, 6.45) is 1.83. The molecule has 0 atom stereocenters. The molecule has 0 spiro atoms. The number of H-pyrrole nitrogens is 2. The Morgan fingerprint density at radius 1 is 1.32 bits per heavy atom. The fourth-order valence-electron chi connectivity index (χ4n) is 2.29. The lowest BCUT2D eigenvalue weighted by Crippen LogP contribution is -2.12. The van der Waals surface area contributed by atoms with Crippen molar-refractivity contribution in [1.29, 1.82) is 0 Å². The summed E-state index contributed by atoms with van der Waals surface area (Å²) in [6.45, 7) is 0.702. The number of fused-ring (bicyclic) bond motifs is 1. The van der Waals surface area contributed by atoms with Crippen LogP contribution in [0.1, 0.15) is 22.3 Å². The van der Waals surface area contributed by atoms with Crippen molar-refractivity contribution in [3.8, 4) is 17.0 Å². The molecule has 19 heavy (non-hydrogen) atoms. The number of hydrogen-bond donors (Lipinski definition) is 3. The first-order chi connectivity index (χ1) is 9.16. The molecule has 0 radical (unpaired) electrons. The number of carboxylic acids is 1. The molecule has 98 valence electrons. The van der Waals surface area contributed by atoms with Crippen LogP contribution in [0.3, 0.4) is 0 Å². The lowest BCUT2D eigenvalue weighted by molar-refractivity contribution is 0.0696. The molecule has 0 unspecified atom stereocenters. The molecule has 1 aromatic heterocycles. The van der Waals surface area contributed by atoms with Gasteiger partial charge in [0.05, 0.1) is 12.3 Å². The molecule has 3 rings (SSSR count). The summed E-state index contributed by atoms with van der Waals surface area (Å²) in [5.74, 6) is -0.420. The highest BCUT2D eigenvalue weighted by atomic mass is 16.5. The van der Waals surface area contributed by atoms with Crippen LogP contribution >= 0.6 is 0 Å². The van der Waals surface area contributed by atoms with Gasteiger partial charge in [0, 0.05) is 5.56 Å². The molecule has 6 nitrogen and oxygen atoms in total. The zero-order valence-corrected chi connectivity index (χ0v) is 10.0. The molecule has 0 bridgehead atoms.